The summed E-state index contributed by atoms with van der Waals surface area (Å²) in [4.78, 5) is 32.6. The number of hydrogen-bond donors (Lipinski definition) is 0. The Labute approximate surface area is 164 Å². The first-order valence-corrected chi connectivity index (χ1v) is 9.60. The molecular weight excluding hydrogens is 356 g/mol. The predicted octanol–water partition coefficient (Wildman–Crippen LogP) is 3.47. The van der Waals surface area contributed by atoms with E-state index in [1.54, 1.807) is 0 Å². The topological polar surface area (TPSA) is 79.6 Å². The number of fused-ring (bicyclic) bond motifs is 1. The molecule has 28 heavy (non-hydrogen) atoms. The van der Waals surface area contributed by atoms with Gasteiger partial charge >= 0.3 is 5.69 Å². The molecule has 0 bridgehead atoms. The molecule has 0 amide bonds. The van der Waals surface area contributed by atoms with Crippen LogP contribution < -0.4 is 9.80 Å². The molecule has 1 aliphatic carbocycles. The Kier molecular flexibility index (Phi) is 4.53. The van der Waals surface area contributed by atoms with Gasteiger partial charge in [-0.3, -0.25) is 14.9 Å². The van der Waals surface area contributed by atoms with E-state index < -0.39 is 4.92 Å². The lowest BCUT2D eigenvalue weighted by Crippen LogP contribution is -2.47. The quantitative estimate of drug-likeness (QED) is 0.599. The highest BCUT2D eigenvalue weighted by molar-refractivity contribution is 5.99. The molecule has 0 spiro atoms. The van der Waals surface area contributed by atoms with Crippen LogP contribution in [-0.4, -0.2) is 41.9 Å². The molecule has 146 valence electrons. The van der Waals surface area contributed by atoms with Gasteiger partial charge in [-0.1, -0.05) is 32.0 Å². The van der Waals surface area contributed by atoms with Crippen LogP contribution in [0.1, 0.15) is 36.3 Å². The standard InChI is InChI=1S/C21H24N4O3/c1-21(2)13-17-16(19(26)14-21)12-18(25(27)28)20(22-17)24-10-8-23(9-11-24)15-6-4-3-5-7-15/h3-7,12H,8-11,13-14H2,1-2H3. The highest BCUT2D eigenvalue weighted by atomic mass is 16.6. The van der Waals surface area contributed by atoms with Crippen LogP contribution in [0.2, 0.25) is 0 Å². The third-order valence-corrected chi connectivity index (χ3v) is 5.54. The van der Waals surface area contributed by atoms with Crippen LogP contribution in [0.15, 0.2) is 36.4 Å². The third kappa shape index (κ3) is 3.44. The van der Waals surface area contributed by atoms with Gasteiger partial charge < -0.3 is 9.80 Å². The van der Waals surface area contributed by atoms with Crippen molar-refractivity contribution in [2.24, 2.45) is 5.41 Å². The molecule has 0 unspecified atom stereocenters. The van der Waals surface area contributed by atoms with Gasteiger partial charge in [-0.2, -0.15) is 0 Å². The van der Waals surface area contributed by atoms with Crippen LogP contribution in [-0.2, 0) is 6.42 Å². The Balaban J connectivity index is 1.63. The molecule has 1 fully saturated rings. The van der Waals surface area contributed by atoms with Gasteiger partial charge in [0.25, 0.3) is 0 Å². The lowest BCUT2D eigenvalue weighted by molar-refractivity contribution is -0.384. The number of piperazine rings is 1. The molecule has 0 saturated carbocycles. The first kappa shape index (κ1) is 18.4. The highest BCUT2D eigenvalue weighted by Gasteiger charge is 2.36. The van der Waals surface area contributed by atoms with E-state index in [1.165, 1.54) is 6.07 Å². The minimum atomic E-state index is -0.417. The number of Topliss-reactive ketones (excluding diaryl/α,β-unsaturated/α-hetero) is 1. The fourth-order valence-electron chi connectivity index (χ4n) is 4.13. The van der Waals surface area contributed by atoms with Crippen LogP contribution >= 0.6 is 0 Å². The number of aromatic nitrogens is 1. The number of ketones is 1. The molecule has 1 aromatic heterocycles. The van der Waals surface area contributed by atoms with E-state index in [4.69, 9.17) is 0 Å². The van der Waals surface area contributed by atoms with Gasteiger partial charge in [0.1, 0.15) is 0 Å². The van der Waals surface area contributed by atoms with Crippen molar-refractivity contribution in [2.75, 3.05) is 36.0 Å². The number of para-hydroxylation sites is 1. The van der Waals surface area contributed by atoms with Gasteiger partial charge in [-0.05, 0) is 24.0 Å². The lowest BCUT2D eigenvalue weighted by atomic mass is 9.75. The van der Waals surface area contributed by atoms with Gasteiger partial charge in [-0.25, -0.2) is 4.98 Å². The normalized spacial score (nSPS) is 18.7. The van der Waals surface area contributed by atoms with Crippen molar-refractivity contribution < 1.29 is 9.72 Å². The SMILES string of the molecule is CC1(C)CC(=O)c2cc([N+](=O)[O-])c(N3CCN(c4ccccc4)CC3)nc2C1. The Morgan fingerprint density at radius 3 is 2.32 bits per heavy atom. The number of benzene rings is 1. The summed E-state index contributed by atoms with van der Waals surface area (Å²) in [5.74, 6) is 0.337. The first-order chi connectivity index (χ1) is 13.3. The number of nitro groups is 1. The van der Waals surface area contributed by atoms with Crippen molar-refractivity contribution in [3.63, 3.8) is 0 Å². The predicted molar refractivity (Wildman–Crippen MR) is 108 cm³/mol. The maximum Gasteiger partial charge on any atom is 0.312 e. The second-order valence-electron chi connectivity index (χ2n) is 8.33. The summed E-state index contributed by atoms with van der Waals surface area (Å²) in [6.07, 6.45) is 1.05. The number of rotatable bonds is 3. The maximum atomic E-state index is 12.5. The van der Waals surface area contributed by atoms with E-state index in [1.807, 2.05) is 36.9 Å². The van der Waals surface area contributed by atoms with Crippen molar-refractivity contribution >= 4 is 23.0 Å². The molecule has 1 aromatic carbocycles. The van der Waals surface area contributed by atoms with Gasteiger partial charge in [0, 0.05) is 49.9 Å². The number of carbonyl (C=O) groups is 1. The molecule has 2 aromatic rings. The van der Waals surface area contributed by atoms with Crippen molar-refractivity contribution in [3.8, 4) is 0 Å². The van der Waals surface area contributed by atoms with Gasteiger partial charge in [0.05, 0.1) is 10.6 Å². The van der Waals surface area contributed by atoms with E-state index in [0.29, 0.717) is 43.0 Å². The maximum absolute atomic E-state index is 12.5. The first-order valence-electron chi connectivity index (χ1n) is 9.60. The van der Waals surface area contributed by atoms with Crippen molar-refractivity contribution in [2.45, 2.75) is 26.7 Å². The minimum Gasteiger partial charge on any atom is -0.368 e. The second kappa shape index (κ2) is 6.89. The lowest BCUT2D eigenvalue weighted by Gasteiger charge is -2.37. The summed E-state index contributed by atoms with van der Waals surface area (Å²) in [6, 6.07) is 11.6. The molecule has 2 aliphatic rings. The van der Waals surface area contributed by atoms with E-state index in [0.717, 1.165) is 18.8 Å². The molecule has 7 nitrogen and oxygen atoms in total. The zero-order chi connectivity index (χ0) is 19.9. The van der Waals surface area contributed by atoms with E-state index >= 15 is 0 Å². The summed E-state index contributed by atoms with van der Waals surface area (Å²) >= 11 is 0. The molecule has 0 radical (unpaired) electrons. The van der Waals surface area contributed by atoms with Crippen molar-refractivity contribution in [1.82, 2.24) is 4.98 Å². The fraction of sp³-hybridized carbons (Fsp3) is 0.429. The summed E-state index contributed by atoms with van der Waals surface area (Å²) < 4.78 is 0. The zero-order valence-electron chi connectivity index (χ0n) is 16.2. The van der Waals surface area contributed by atoms with Crippen LogP contribution in [0.5, 0.6) is 0 Å². The average molecular weight is 380 g/mol. The monoisotopic (exact) mass is 380 g/mol. The number of pyridine rings is 1. The van der Waals surface area contributed by atoms with E-state index in [9.17, 15) is 14.9 Å². The summed E-state index contributed by atoms with van der Waals surface area (Å²) in [6.45, 7) is 6.91. The summed E-state index contributed by atoms with van der Waals surface area (Å²) in [5.41, 5.74) is 2.02. The Morgan fingerprint density at radius 1 is 1.04 bits per heavy atom. The van der Waals surface area contributed by atoms with Crippen molar-refractivity contribution in [1.29, 1.82) is 0 Å². The smallest absolute Gasteiger partial charge is 0.312 e. The van der Waals surface area contributed by atoms with Crippen LogP contribution in [0.25, 0.3) is 0 Å². The number of carbonyl (C=O) groups excluding carboxylic acids is 1. The number of nitrogens with zero attached hydrogens (tertiary/aromatic N) is 4. The highest BCUT2D eigenvalue weighted by Crippen LogP contribution is 2.38. The van der Waals surface area contributed by atoms with Crippen LogP contribution in [0.3, 0.4) is 0 Å². The molecule has 7 heteroatoms. The third-order valence-electron chi connectivity index (χ3n) is 5.54. The second-order valence-corrected chi connectivity index (χ2v) is 8.33. The minimum absolute atomic E-state index is 0.0534. The average Bonchev–Trinajstić information content (AvgIpc) is 2.67. The number of anilines is 2. The largest absolute Gasteiger partial charge is 0.368 e. The molecule has 1 aliphatic heterocycles. The molecule has 0 atom stereocenters. The zero-order valence-corrected chi connectivity index (χ0v) is 16.2. The summed E-state index contributed by atoms with van der Waals surface area (Å²) in [7, 11) is 0. The van der Waals surface area contributed by atoms with Crippen LogP contribution in [0.4, 0.5) is 17.2 Å². The molecule has 2 heterocycles. The molecule has 0 N–H and O–H groups in total. The molecule has 4 rings (SSSR count). The van der Waals surface area contributed by atoms with E-state index in [2.05, 4.69) is 22.0 Å². The molecular formula is C21H24N4O3. The Morgan fingerprint density at radius 2 is 1.68 bits per heavy atom. The Hall–Kier alpha value is -2.96. The molecule has 1 saturated heterocycles. The van der Waals surface area contributed by atoms with Crippen LogP contribution in [0, 0.1) is 15.5 Å². The van der Waals surface area contributed by atoms with Gasteiger partial charge in [0.15, 0.2) is 5.78 Å². The fourth-order valence-corrected chi connectivity index (χ4v) is 4.13. The number of hydrogen-bond acceptors (Lipinski definition) is 6. The Bertz CT molecular complexity index is 919. The van der Waals surface area contributed by atoms with Crippen molar-refractivity contribution in [3.05, 3.63) is 57.8 Å². The van der Waals surface area contributed by atoms with Gasteiger partial charge in [-0.15, -0.1) is 0 Å². The van der Waals surface area contributed by atoms with E-state index in [-0.39, 0.29) is 16.9 Å². The van der Waals surface area contributed by atoms with Gasteiger partial charge in [0.2, 0.25) is 5.82 Å². The summed E-state index contributed by atoms with van der Waals surface area (Å²) in [5, 5.41) is 11.7.